The van der Waals surface area contributed by atoms with Gasteiger partial charge in [-0.1, -0.05) is 18.2 Å². The Hall–Kier alpha value is -2.23. The molecule has 4 nitrogen and oxygen atoms in total. The fraction of sp³-hybridized carbons (Fsp3) is 0.267. The van der Waals surface area contributed by atoms with Crippen LogP contribution >= 0.6 is 0 Å². The van der Waals surface area contributed by atoms with Crippen molar-refractivity contribution >= 4 is 11.6 Å². The van der Waals surface area contributed by atoms with Crippen molar-refractivity contribution in [2.45, 2.75) is 20.8 Å². The molecule has 0 aliphatic rings. The maximum absolute atomic E-state index is 12.5. The second-order valence-electron chi connectivity index (χ2n) is 4.52. The average molecular weight is 255 g/mol. The van der Waals surface area contributed by atoms with Crippen molar-refractivity contribution in [2.75, 3.05) is 11.9 Å². The summed E-state index contributed by atoms with van der Waals surface area (Å²) < 4.78 is 0. The Kier molecular flexibility index (Phi) is 3.60. The molecule has 0 radical (unpaired) electrons. The third-order valence-corrected chi connectivity index (χ3v) is 3.04. The normalized spacial score (nSPS) is 10.3. The summed E-state index contributed by atoms with van der Waals surface area (Å²) in [5, 5.41) is 0. The highest BCUT2D eigenvalue weighted by Crippen LogP contribution is 2.18. The molecule has 0 aliphatic carbocycles. The van der Waals surface area contributed by atoms with Crippen molar-refractivity contribution in [3.05, 3.63) is 53.1 Å². The number of carbonyl (C=O) groups is 1. The SMILES string of the molecule is Cc1nc(C)c(C(=O)N(C)c2ccccc2)c(C)n1. The molecule has 2 aromatic rings. The largest absolute Gasteiger partial charge is 0.311 e. The lowest BCUT2D eigenvalue weighted by molar-refractivity contribution is 0.0991. The van der Waals surface area contributed by atoms with Crippen LogP contribution in [0, 0.1) is 20.8 Å². The highest BCUT2D eigenvalue weighted by atomic mass is 16.2. The smallest absolute Gasteiger partial charge is 0.261 e. The van der Waals surface area contributed by atoms with Crippen molar-refractivity contribution in [2.24, 2.45) is 0 Å². The molecule has 19 heavy (non-hydrogen) atoms. The van der Waals surface area contributed by atoms with E-state index in [9.17, 15) is 4.79 Å². The van der Waals surface area contributed by atoms with E-state index in [0.29, 0.717) is 11.4 Å². The number of benzene rings is 1. The van der Waals surface area contributed by atoms with E-state index in [1.807, 2.05) is 51.1 Å². The molecular formula is C15H17N3O. The molecular weight excluding hydrogens is 238 g/mol. The Morgan fingerprint density at radius 3 is 2.05 bits per heavy atom. The number of carbonyl (C=O) groups excluding carboxylic acids is 1. The summed E-state index contributed by atoms with van der Waals surface area (Å²) in [4.78, 5) is 22.7. The zero-order chi connectivity index (χ0) is 14.0. The van der Waals surface area contributed by atoms with E-state index in [0.717, 1.165) is 17.1 Å². The molecule has 0 bridgehead atoms. The van der Waals surface area contributed by atoms with Crippen LogP contribution in [-0.4, -0.2) is 22.9 Å². The van der Waals surface area contributed by atoms with E-state index in [1.165, 1.54) is 0 Å². The van der Waals surface area contributed by atoms with Gasteiger partial charge >= 0.3 is 0 Å². The number of hydrogen-bond acceptors (Lipinski definition) is 3. The third-order valence-electron chi connectivity index (χ3n) is 3.04. The highest BCUT2D eigenvalue weighted by molar-refractivity contribution is 6.07. The first-order chi connectivity index (χ1) is 9.00. The first kappa shape index (κ1) is 13.2. The number of anilines is 1. The van der Waals surface area contributed by atoms with Crippen molar-refractivity contribution in [3.63, 3.8) is 0 Å². The van der Waals surface area contributed by atoms with E-state index in [1.54, 1.807) is 11.9 Å². The maximum atomic E-state index is 12.5. The van der Waals surface area contributed by atoms with E-state index >= 15 is 0 Å². The summed E-state index contributed by atoms with van der Waals surface area (Å²) >= 11 is 0. The lowest BCUT2D eigenvalue weighted by Gasteiger charge is -2.19. The number of para-hydroxylation sites is 1. The Morgan fingerprint density at radius 2 is 1.53 bits per heavy atom. The van der Waals surface area contributed by atoms with Crippen LogP contribution in [0.25, 0.3) is 0 Å². The second kappa shape index (κ2) is 5.18. The van der Waals surface area contributed by atoms with Crippen LogP contribution in [0.1, 0.15) is 27.6 Å². The number of aromatic nitrogens is 2. The molecule has 0 aliphatic heterocycles. The molecule has 1 amide bonds. The Labute approximate surface area is 113 Å². The molecule has 0 N–H and O–H groups in total. The lowest BCUT2D eigenvalue weighted by Crippen LogP contribution is -2.28. The summed E-state index contributed by atoms with van der Waals surface area (Å²) in [5.74, 6) is 0.607. The van der Waals surface area contributed by atoms with E-state index in [4.69, 9.17) is 0 Å². The van der Waals surface area contributed by atoms with E-state index in [-0.39, 0.29) is 5.91 Å². The fourth-order valence-electron chi connectivity index (χ4n) is 2.13. The molecule has 0 atom stereocenters. The minimum absolute atomic E-state index is 0.0822. The van der Waals surface area contributed by atoms with Gasteiger partial charge in [-0.15, -0.1) is 0 Å². The minimum atomic E-state index is -0.0822. The first-order valence-electron chi connectivity index (χ1n) is 6.15. The number of hydrogen-bond donors (Lipinski definition) is 0. The Balaban J connectivity index is 2.40. The Bertz CT molecular complexity index is 585. The van der Waals surface area contributed by atoms with Gasteiger partial charge in [-0.25, -0.2) is 9.97 Å². The van der Waals surface area contributed by atoms with E-state index in [2.05, 4.69) is 9.97 Å². The van der Waals surface area contributed by atoms with Gasteiger partial charge in [0, 0.05) is 12.7 Å². The van der Waals surface area contributed by atoms with Crippen molar-refractivity contribution in [3.8, 4) is 0 Å². The molecule has 0 unspecified atom stereocenters. The number of amides is 1. The molecule has 4 heteroatoms. The minimum Gasteiger partial charge on any atom is -0.311 e. The van der Waals surface area contributed by atoms with Gasteiger partial charge in [0.1, 0.15) is 5.82 Å². The first-order valence-corrected chi connectivity index (χ1v) is 6.15. The summed E-state index contributed by atoms with van der Waals surface area (Å²) in [6, 6.07) is 9.54. The molecule has 0 fully saturated rings. The topological polar surface area (TPSA) is 46.1 Å². The number of aryl methyl sites for hydroxylation is 3. The zero-order valence-corrected chi connectivity index (χ0v) is 11.6. The lowest BCUT2D eigenvalue weighted by atomic mass is 10.1. The van der Waals surface area contributed by atoms with Crippen LogP contribution in [0.4, 0.5) is 5.69 Å². The van der Waals surface area contributed by atoms with Gasteiger partial charge in [-0.2, -0.15) is 0 Å². The fourth-order valence-corrected chi connectivity index (χ4v) is 2.13. The van der Waals surface area contributed by atoms with Crippen LogP contribution in [0.5, 0.6) is 0 Å². The van der Waals surface area contributed by atoms with Gasteiger partial charge in [0.25, 0.3) is 5.91 Å². The van der Waals surface area contributed by atoms with Crippen LogP contribution in [0.15, 0.2) is 30.3 Å². The van der Waals surface area contributed by atoms with Crippen molar-refractivity contribution in [1.29, 1.82) is 0 Å². The van der Waals surface area contributed by atoms with Crippen LogP contribution in [-0.2, 0) is 0 Å². The van der Waals surface area contributed by atoms with Gasteiger partial charge in [0.05, 0.1) is 17.0 Å². The predicted molar refractivity (Wildman–Crippen MR) is 75.4 cm³/mol. The highest BCUT2D eigenvalue weighted by Gasteiger charge is 2.19. The molecule has 1 heterocycles. The monoisotopic (exact) mass is 255 g/mol. The van der Waals surface area contributed by atoms with Crippen molar-refractivity contribution < 1.29 is 4.79 Å². The summed E-state index contributed by atoms with van der Waals surface area (Å²) in [6.07, 6.45) is 0. The molecule has 98 valence electrons. The summed E-state index contributed by atoms with van der Waals surface area (Å²) in [7, 11) is 1.76. The molecule has 2 rings (SSSR count). The van der Waals surface area contributed by atoms with Crippen molar-refractivity contribution in [1.82, 2.24) is 9.97 Å². The molecule has 1 aromatic carbocycles. The standard InChI is InChI=1S/C15H17N3O/c1-10-14(11(2)17-12(3)16-10)15(19)18(4)13-8-6-5-7-9-13/h5-9H,1-4H3. The average Bonchev–Trinajstić information content (AvgIpc) is 2.37. The summed E-state index contributed by atoms with van der Waals surface area (Å²) in [5.41, 5.74) is 2.87. The molecule has 0 saturated carbocycles. The van der Waals surface area contributed by atoms with Crippen LogP contribution in [0.3, 0.4) is 0 Å². The predicted octanol–water partition coefficient (Wildman–Crippen LogP) is 2.68. The number of rotatable bonds is 2. The van der Waals surface area contributed by atoms with Gasteiger partial charge in [0.2, 0.25) is 0 Å². The van der Waals surface area contributed by atoms with Gasteiger partial charge in [0.15, 0.2) is 0 Å². The zero-order valence-electron chi connectivity index (χ0n) is 11.6. The van der Waals surface area contributed by atoms with Gasteiger partial charge < -0.3 is 4.90 Å². The van der Waals surface area contributed by atoms with Crippen LogP contribution in [0.2, 0.25) is 0 Å². The Morgan fingerprint density at radius 1 is 1.00 bits per heavy atom. The van der Waals surface area contributed by atoms with E-state index < -0.39 is 0 Å². The third kappa shape index (κ3) is 2.62. The van der Waals surface area contributed by atoms with Crippen LogP contribution < -0.4 is 4.90 Å². The quantitative estimate of drug-likeness (QED) is 0.828. The van der Waals surface area contributed by atoms with Gasteiger partial charge in [-0.3, -0.25) is 4.79 Å². The second-order valence-corrected chi connectivity index (χ2v) is 4.52. The maximum Gasteiger partial charge on any atom is 0.261 e. The summed E-state index contributed by atoms with van der Waals surface area (Å²) in [6.45, 7) is 5.51. The molecule has 0 saturated heterocycles. The molecule has 1 aromatic heterocycles. The number of nitrogens with zero attached hydrogens (tertiary/aromatic N) is 3. The van der Waals surface area contributed by atoms with Gasteiger partial charge in [-0.05, 0) is 32.9 Å². The molecule has 0 spiro atoms.